The van der Waals surface area contributed by atoms with E-state index in [2.05, 4.69) is 31.8 Å². The van der Waals surface area contributed by atoms with Crippen LogP contribution in [0, 0.1) is 6.92 Å². The van der Waals surface area contributed by atoms with Crippen molar-refractivity contribution in [3.8, 4) is 0 Å². The molecule has 0 radical (unpaired) electrons. The van der Waals surface area contributed by atoms with Crippen molar-refractivity contribution in [3.05, 3.63) is 35.2 Å². The molecule has 4 rings (SSSR count). The van der Waals surface area contributed by atoms with Crippen molar-refractivity contribution in [1.82, 2.24) is 19.3 Å². The van der Waals surface area contributed by atoms with E-state index in [0.717, 1.165) is 29.9 Å². The monoisotopic (exact) mass is 395 g/mol. The number of primary amides is 1. The predicted octanol–water partition coefficient (Wildman–Crippen LogP) is 2.31. The summed E-state index contributed by atoms with van der Waals surface area (Å²) in [4.78, 5) is 31.5. The number of amides is 2. The summed E-state index contributed by atoms with van der Waals surface area (Å²) >= 11 is 0. The number of imidazole rings is 1. The molecule has 1 aliphatic rings. The van der Waals surface area contributed by atoms with Crippen LogP contribution in [-0.4, -0.2) is 44.7 Å². The Bertz CT molecular complexity index is 1130. The van der Waals surface area contributed by atoms with Crippen LogP contribution in [0.2, 0.25) is 0 Å². The van der Waals surface area contributed by atoms with Crippen LogP contribution in [-0.2, 0) is 6.54 Å². The van der Waals surface area contributed by atoms with E-state index < -0.39 is 5.91 Å². The van der Waals surface area contributed by atoms with Crippen LogP contribution in [0.4, 0.5) is 11.6 Å². The first-order chi connectivity index (χ1) is 13.8. The van der Waals surface area contributed by atoms with E-state index >= 15 is 0 Å². The number of benzene rings is 1. The fourth-order valence-corrected chi connectivity index (χ4v) is 4.03. The highest BCUT2D eigenvalue weighted by atomic mass is 16.2. The van der Waals surface area contributed by atoms with Gasteiger partial charge >= 0.3 is 0 Å². The van der Waals surface area contributed by atoms with E-state index in [1.54, 1.807) is 22.9 Å². The van der Waals surface area contributed by atoms with E-state index in [1.807, 2.05) is 20.9 Å². The molecule has 0 saturated heterocycles. The Morgan fingerprint density at radius 1 is 1.28 bits per heavy atom. The summed E-state index contributed by atoms with van der Waals surface area (Å²) in [6.45, 7) is 7.25. The number of nitrogens with one attached hydrogen (secondary N) is 1. The molecule has 1 atom stereocenters. The minimum atomic E-state index is -0.503. The smallest absolute Gasteiger partial charge is 0.276 e. The highest BCUT2D eigenvalue weighted by Gasteiger charge is 2.29. The van der Waals surface area contributed by atoms with Gasteiger partial charge in [0.1, 0.15) is 5.69 Å². The zero-order valence-corrected chi connectivity index (χ0v) is 17.1. The highest BCUT2D eigenvalue weighted by molar-refractivity contribution is 6.05. The normalized spacial score (nSPS) is 15.7. The van der Waals surface area contributed by atoms with E-state index in [4.69, 9.17) is 5.73 Å². The number of nitrogens with zero attached hydrogens (tertiary/aromatic N) is 5. The Hall–Kier alpha value is -3.36. The number of hydrogen-bond acceptors (Lipinski definition) is 5. The van der Waals surface area contributed by atoms with Crippen LogP contribution in [0.3, 0.4) is 0 Å². The molecule has 0 unspecified atom stereocenters. The number of aromatic nitrogens is 4. The number of carbonyl (C=O) groups is 2. The maximum Gasteiger partial charge on any atom is 0.276 e. The van der Waals surface area contributed by atoms with Crippen LogP contribution in [0.1, 0.15) is 52.9 Å². The second kappa shape index (κ2) is 6.91. The molecule has 1 aromatic carbocycles. The quantitative estimate of drug-likeness (QED) is 0.689. The van der Waals surface area contributed by atoms with Gasteiger partial charge in [-0.15, -0.1) is 0 Å². The van der Waals surface area contributed by atoms with Crippen LogP contribution < -0.4 is 16.0 Å². The maximum atomic E-state index is 13.0. The van der Waals surface area contributed by atoms with Crippen molar-refractivity contribution in [3.63, 3.8) is 0 Å². The number of hydrogen-bond donors (Lipinski definition) is 2. The van der Waals surface area contributed by atoms with Crippen LogP contribution in [0.15, 0.2) is 18.2 Å². The molecule has 0 aliphatic carbocycles. The van der Waals surface area contributed by atoms with Crippen molar-refractivity contribution in [2.75, 3.05) is 23.8 Å². The van der Waals surface area contributed by atoms with Crippen LogP contribution in [0.5, 0.6) is 0 Å². The fraction of sp³-hybridized carbons (Fsp3) is 0.400. The van der Waals surface area contributed by atoms with E-state index in [-0.39, 0.29) is 11.9 Å². The average Bonchev–Trinajstić information content (AvgIpc) is 3.24. The standard InChI is InChI=1S/C20H25N7O2/c1-5-13-10-25(4)15-9-12(18(21)28)8-14-17(15)27(13)20(22-14)23-19(29)16-7-11(3)24-26(16)6-2/h7-9,13H,5-6,10H2,1-4H3,(H2,21,28)(H,22,23,29)/t13-/m0/s1. The number of rotatable bonds is 5. The molecule has 2 amide bonds. The Kier molecular flexibility index (Phi) is 4.52. The van der Waals surface area contributed by atoms with Gasteiger partial charge in [-0.05, 0) is 38.5 Å². The van der Waals surface area contributed by atoms with Gasteiger partial charge in [0.25, 0.3) is 5.91 Å². The number of anilines is 2. The van der Waals surface area contributed by atoms with Gasteiger partial charge in [-0.2, -0.15) is 5.10 Å². The van der Waals surface area contributed by atoms with Crippen molar-refractivity contribution in [2.24, 2.45) is 5.73 Å². The molecular formula is C20H25N7O2. The SMILES string of the molecule is CC[C@H]1CN(C)c2cc(C(N)=O)cc3nc(NC(=O)c4cc(C)nn4CC)n1c23. The van der Waals surface area contributed by atoms with Gasteiger partial charge in [0.2, 0.25) is 11.9 Å². The van der Waals surface area contributed by atoms with E-state index in [0.29, 0.717) is 29.3 Å². The largest absolute Gasteiger partial charge is 0.371 e. The molecule has 29 heavy (non-hydrogen) atoms. The molecule has 9 heteroatoms. The Balaban J connectivity index is 1.85. The molecule has 1 aliphatic heterocycles. The van der Waals surface area contributed by atoms with Gasteiger partial charge in [-0.1, -0.05) is 6.92 Å². The van der Waals surface area contributed by atoms with Crippen molar-refractivity contribution in [2.45, 2.75) is 39.8 Å². The van der Waals surface area contributed by atoms with Gasteiger partial charge in [0.15, 0.2) is 0 Å². The topological polar surface area (TPSA) is 111 Å². The lowest BCUT2D eigenvalue weighted by Gasteiger charge is -2.33. The Morgan fingerprint density at radius 3 is 2.69 bits per heavy atom. The average molecular weight is 395 g/mol. The van der Waals surface area contributed by atoms with Crippen LogP contribution >= 0.6 is 0 Å². The molecular weight excluding hydrogens is 370 g/mol. The zero-order valence-electron chi connectivity index (χ0n) is 17.1. The Morgan fingerprint density at radius 2 is 2.03 bits per heavy atom. The summed E-state index contributed by atoms with van der Waals surface area (Å²) in [7, 11) is 1.99. The van der Waals surface area contributed by atoms with Crippen LogP contribution in [0.25, 0.3) is 11.0 Å². The highest BCUT2D eigenvalue weighted by Crippen LogP contribution is 2.38. The minimum Gasteiger partial charge on any atom is -0.371 e. The first-order valence-corrected chi connectivity index (χ1v) is 9.76. The molecule has 3 heterocycles. The predicted molar refractivity (Wildman–Crippen MR) is 111 cm³/mol. The molecule has 0 bridgehead atoms. The molecule has 3 N–H and O–H groups in total. The summed E-state index contributed by atoms with van der Waals surface area (Å²) in [5, 5.41) is 7.31. The van der Waals surface area contributed by atoms with Gasteiger partial charge in [0, 0.05) is 25.7 Å². The van der Waals surface area contributed by atoms with Gasteiger partial charge in [-0.25, -0.2) is 4.98 Å². The summed E-state index contributed by atoms with van der Waals surface area (Å²) in [5.41, 5.74) is 9.59. The summed E-state index contributed by atoms with van der Waals surface area (Å²) in [6, 6.07) is 5.37. The first-order valence-electron chi connectivity index (χ1n) is 9.76. The second-order valence-corrected chi connectivity index (χ2v) is 7.42. The maximum absolute atomic E-state index is 13.0. The molecule has 0 spiro atoms. The van der Waals surface area contributed by atoms with E-state index in [9.17, 15) is 9.59 Å². The van der Waals surface area contributed by atoms with E-state index in [1.165, 1.54) is 0 Å². The summed E-state index contributed by atoms with van der Waals surface area (Å²) in [6.07, 6.45) is 0.877. The molecule has 0 fully saturated rings. The second-order valence-electron chi connectivity index (χ2n) is 7.42. The lowest BCUT2D eigenvalue weighted by atomic mass is 10.1. The molecule has 9 nitrogen and oxygen atoms in total. The number of likely N-dealkylation sites (N-methyl/N-ethyl adjacent to an activating group) is 1. The lowest BCUT2D eigenvalue weighted by Crippen LogP contribution is -2.33. The zero-order chi connectivity index (χ0) is 20.9. The Labute approximate surface area is 168 Å². The van der Waals surface area contributed by atoms with Gasteiger partial charge in [-0.3, -0.25) is 19.6 Å². The third-order valence-corrected chi connectivity index (χ3v) is 5.44. The molecule has 3 aromatic rings. The minimum absolute atomic E-state index is 0.144. The number of carbonyl (C=O) groups excluding carboxylic acids is 2. The molecule has 152 valence electrons. The summed E-state index contributed by atoms with van der Waals surface area (Å²) < 4.78 is 3.73. The number of nitrogens with two attached hydrogens (primary N) is 1. The molecule has 2 aromatic heterocycles. The molecule has 0 saturated carbocycles. The number of aryl methyl sites for hydroxylation is 2. The fourth-order valence-electron chi connectivity index (χ4n) is 4.03. The van der Waals surface area contributed by atoms with Crippen molar-refractivity contribution < 1.29 is 9.59 Å². The first kappa shape index (κ1) is 19.0. The van der Waals surface area contributed by atoms with Crippen molar-refractivity contribution in [1.29, 1.82) is 0 Å². The third-order valence-electron chi connectivity index (χ3n) is 5.44. The summed E-state index contributed by atoms with van der Waals surface area (Å²) in [5.74, 6) is -0.296. The van der Waals surface area contributed by atoms with Gasteiger partial charge < -0.3 is 15.2 Å². The third kappa shape index (κ3) is 3.02. The van der Waals surface area contributed by atoms with Crippen molar-refractivity contribution >= 4 is 34.5 Å². The van der Waals surface area contributed by atoms with Gasteiger partial charge in [0.05, 0.1) is 28.5 Å². The lowest BCUT2D eigenvalue weighted by molar-refractivity contribution is 0.0996.